The number of nitrogen functional groups attached to an aromatic ring is 1. The Morgan fingerprint density at radius 2 is 2.46 bits per heavy atom. The molecule has 2 N–H and O–H groups in total. The second-order valence-electron chi connectivity index (χ2n) is 2.37. The van der Waals surface area contributed by atoms with E-state index in [1.54, 1.807) is 18.3 Å². The molecule has 5 heteroatoms. The van der Waals surface area contributed by atoms with Crippen LogP contribution in [0, 0.1) is 0 Å². The van der Waals surface area contributed by atoms with Gasteiger partial charge >= 0.3 is 0 Å². The molecule has 0 bridgehead atoms. The third-order valence-corrected chi connectivity index (χ3v) is 1.82. The topological polar surface area (TPSA) is 56.7 Å². The summed E-state index contributed by atoms with van der Waals surface area (Å²) in [5, 5.41) is 3.85. The summed E-state index contributed by atoms with van der Waals surface area (Å²) >= 11 is 3.09. The molecular weight excluding hydrogens is 232 g/mol. The van der Waals surface area contributed by atoms with Crippen LogP contribution in [0.2, 0.25) is 0 Å². The fraction of sp³-hybridized carbons (Fsp3) is 0. The van der Waals surface area contributed by atoms with E-state index in [9.17, 15) is 0 Å². The van der Waals surface area contributed by atoms with E-state index in [1.165, 1.54) is 4.68 Å². The number of rotatable bonds is 1. The number of pyridine rings is 1. The molecule has 2 heterocycles. The fourth-order valence-electron chi connectivity index (χ4n) is 0.924. The molecule has 0 amide bonds. The van der Waals surface area contributed by atoms with Crippen molar-refractivity contribution in [2.75, 3.05) is 5.73 Å². The molecular formula is C8H7BrN4. The van der Waals surface area contributed by atoms with Crippen LogP contribution in [0.5, 0.6) is 0 Å². The number of halogens is 1. The van der Waals surface area contributed by atoms with Crippen molar-refractivity contribution < 1.29 is 2.74 Å². The van der Waals surface area contributed by atoms with Crippen molar-refractivity contribution >= 4 is 21.6 Å². The average molecular weight is 241 g/mol. The molecule has 0 aliphatic rings. The third-order valence-electron chi connectivity index (χ3n) is 1.47. The van der Waals surface area contributed by atoms with Crippen molar-refractivity contribution in [2.24, 2.45) is 0 Å². The van der Waals surface area contributed by atoms with Crippen LogP contribution in [0.3, 0.4) is 0 Å². The molecule has 2 aromatic rings. The van der Waals surface area contributed by atoms with Gasteiger partial charge in [0.15, 0.2) is 5.82 Å². The summed E-state index contributed by atoms with van der Waals surface area (Å²) in [6, 6.07) is 3.36. The van der Waals surface area contributed by atoms with Crippen molar-refractivity contribution in [1.82, 2.24) is 14.8 Å². The number of nitrogens with zero attached hydrogens (tertiary/aromatic N) is 3. The van der Waals surface area contributed by atoms with Crippen molar-refractivity contribution in [2.45, 2.75) is 0 Å². The van der Waals surface area contributed by atoms with Gasteiger partial charge in [0.05, 0.1) is 19.1 Å². The van der Waals surface area contributed by atoms with Crippen LogP contribution < -0.4 is 5.73 Å². The molecule has 0 fully saturated rings. The molecule has 0 aromatic carbocycles. The quantitative estimate of drug-likeness (QED) is 0.825. The SMILES string of the molecule is [2H]c1nn(-c2ncccc2N)c([2H])c1Br. The molecule has 0 atom stereocenters. The Bertz CT molecular complexity index is 511. The summed E-state index contributed by atoms with van der Waals surface area (Å²) in [5.41, 5.74) is 6.12. The second-order valence-corrected chi connectivity index (χ2v) is 3.16. The van der Waals surface area contributed by atoms with Gasteiger partial charge in [-0.1, -0.05) is 0 Å². The summed E-state index contributed by atoms with van der Waals surface area (Å²) in [7, 11) is 0. The van der Waals surface area contributed by atoms with E-state index in [4.69, 9.17) is 8.48 Å². The first-order chi connectivity index (χ1) is 7.11. The van der Waals surface area contributed by atoms with Gasteiger partial charge in [0.25, 0.3) is 0 Å². The minimum atomic E-state index is -0.00921. The fourth-order valence-corrected chi connectivity index (χ4v) is 1.17. The maximum atomic E-state index is 7.69. The van der Waals surface area contributed by atoms with Crippen LogP contribution in [0.25, 0.3) is 5.82 Å². The van der Waals surface area contributed by atoms with Crippen molar-refractivity contribution in [1.29, 1.82) is 0 Å². The Morgan fingerprint density at radius 3 is 3.08 bits per heavy atom. The van der Waals surface area contributed by atoms with Crippen molar-refractivity contribution in [3.05, 3.63) is 35.1 Å². The average Bonchev–Trinajstić information content (AvgIpc) is 2.47. The van der Waals surface area contributed by atoms with E-state index in [0.29, 0.717) is 16.0 Å². The highest BCUT2D eigenvalue weighted by atomic mass is 79.9. The standard InChI is InChI=1S/C8H7BrN4/c9-6-4-12-13(5-6)8-7(10)2-1-3-11-8/h1-5H,10H2/i4D,5D. The highest BCUT2D eigenvalue weighted by molar-refractivity contribution is 9.10. The molecule has 13 heavy (non-hydrogen) atoms. The van der Waals surface area contributed by atoms with Crippen LogP contribution in [0.1, 0.15) is 2.74 Å². The predicted molar refractivity (Wildman–Crippen MR) is 53.5 cm³/mol. The number of hydrogen-bond donors (Lipinski definition) is 1. The van der Waals surface area contributed by atoms with Crippen LogP contribution in [0.15, 0.2) is 35.1 Å². The third kappa shape index (κ3) is 1.55. The lowest BCUT2D eigenvalue weighted by atomic mass is 10.4. The summed E-state index contributed by atoms with van der Waals surface area (Å²) in [6.07, 6.45) is 1.61. The van der Waals surface area contributed by atoms with E-state index in [1.807, 2.05) is 0 Å². The van der Waals surface area contributed by atoms with E-state index in [-0.39, 0.29) is 12.3 Å². The lowest BCUT2D eigenvalue weighted by molar-refractivity contribution is 0.850. The Hall–Kier alpha value is -1.36. The van der Waals surface area contributed by atoms with Crippen molar-refractivity contribution in [3.63, 3.8) is 0 Å². The summed E-state index contributed by atoms with van der Waals surface area (Å²) in [4.78, 5) is 4.02. The summed E-state index contributed by atoms with van der Waals surface area (Å²) < 4.78 is 16.7. The Morgan fingerprint density at radius 1 is 1.62 bits per heavy atom. The van der Waals surface area contributed by atoms with Gasteiger partial charge in [-0.2, -0.15) is 5.10 Å². The van der Waals surface area contributed by atoms with E-state index >= 15 is 0 Å². The largest absolute Gasteiger partial charge is 0.396 e. The first kappa shape index (κ1) is 6.15. The van der Waals surface area contributed by atoms with Gasteiger partial charge in [-0.05, 0) is 28.1 Å². The van der Waals surface area contributed by atoms with Gasteiger partial charge in [0, 0.05) is 12.4 Å². The van der Waals surface area contributed by atoms with Gasteiger partial charge in [-0.3, -0.25) is 0 Å². The first-order valence-electron chi connectivity index (χ1n) is 4.54. The van der Waals surface area contributed by atoms with Gasteiger partial charge < -0.3 is 5.73 Å². The number of nitrogens with two attached hydrogens (primary N) is 1. The van der Waals surface area contributed by atoms with E-state index in [0.717, 1.165) is 0 Å². The molecule has 4 nitrogen and oxygen atoms in total. The number of hydrogen-bond acceptors (Lipinski definition) is 3. The Kier molecular flexibility index (Phi) is 1.50. The predicted octanol–water partition coefficient (Wildman–Crippen LogP) is 1.61. The molecule has 0 aliphatic carbocycles. The van der Waals surface area contributed by atoms with Gasteiger partial charge in [0.1, 0.15) is 0 Å². The minimum Gasteiger partial charge on any atom is -0.396 e. The maximum Gasteiger partial charge on any atom is 0.176 e. The normalized spacial score (nSPS) is 12.4. The lowest BCUT2D eigenvalue weighted by Crippen LogP contribution is -2.02. The monoisotopic (exact) mass is 240 g/mol. The van der Waals surface area contributed by atoms with Crippen LogP contribution >= 0.6 is 15.9 Å². The zero-order valence-electron chi connectivity index (χ0n) is 8.53. The molecule has 0 radical (unpaired) electrons. The second kappa shape index (κ2) is 3.18. The van der Waals surface area contributed by atoms with Crippen LogP contribution in [-0.4, -0.2) is 14.8 Å². The number of anilines is 1. The van der Waals surface area contributed by atoms with Crippen LogP contribution in [-0.2, 0) is 0 Å². The van der Waals surface area contributed by atoms with Crippen LogP contribution in [0.4, 0.5) is 5.69 Å². The molecule has 0 spiro atoms. The number of aromatic nitrogens is 3. The molecule has 2 rings (SSSR count). The zero-order chi connectivity index (χ0) is 11.0. The summed E-state index contributed by atoms with van der Waals surface area (Å²) in [6.45, 7) is 0. The molecule has 0 saturated heterocycles. The Labute approximate surface area is 86.3 Å². The van der Waals surface area contributed by atoms with E-state index in [2.05, 4.69) is 26.0 Å². The molecule has 2 aromatic heterocycles. The zero-order valence-corrected chi connectivity index (χ0v) is 8.12. The smallest absolute Gasteiger partial charge is 0.176 e. The molecule has 0 aliphatic heterocycles. The first-order valence-corrected chi connectivity index (χ1v) is 4.33. The molecule has 0 saturated carbocycles. The lowest BCUT2D eigenvalue weighted by Gasteiger charge is -2.01. The Balaban J connectivity index is 2.65. The highest BCUT2D eigenvalue weighted by Gasteiger charge is 2.02. The van der Waals surface area contributed by atoms with Gasteiger partial charge in [-0.15, -0.1) is 0 Å². The van der Waals surface area contributed by atoms with E-state index < -0.39 is 0 Å². The minimum absolute atomic E-state index is 0.00921. The molecule has 0 unspecified atom stereocenters. The maximum absolute atomic E-state index is 7.69. The van der Waals surface area contributed by atoms with Gasteiger partial charge in [0.2, 0.25) is 0 Å². The van der Waals surface area contributed by atoms with Crippen molar-refractivity contribution in [3.8, 4) is 5.82 Å². The molecule has 66 valence electrons. The van der Waals surface area contributed by atoms with Gasteiger partial charge in [-0.25, -0.2) is 9.67 Å². The highest BCUT2D eigenvalue weighted by Crippen LogP contribution is 2.15. The summed E-state index contributed by atoms with van der Waals surface area (Å²) in [5.74, 6) is 0.363.